The molecule has 36 heavy (non-hydrogen) atoms. The third-order valence-electron chi connectivity index (χ3n) is 5.66. The molecule has 1 amide bonds. The molecule has 0 spiro atoms. The molecule has 1 aliphatic heterocycles. The second kappa shape index (κ2) is 13.4. The van der Waals surface area contributed by atoms with E-state index in [1.165, 1.54) is 31.9 Å². The van der Waals surface area contributed by atoms with Crippen molar-refractivity contribution in [2.24, 2.45) is 5.92 Å². The lowest BCUT2D eigenvalue weighted by atomic mass is 9.91. The first-order valence-electron chi connectivity index (χ1n) is 11.8. The van der Waals surface area contributed by atoms with Crippen LogP contribution in [-0.4, -0.2) is 62.1 Å². The van der Waals surface area contributed by atoms with Crippen LogP contribution >= 0.6 is 0 Å². The van der Waals surface area contributed by atoms with Crippen molar-refractivity contribution in [1.82, 2.24) is 10.3 Å². The SMILES string of the molecule is COc1ccnc(C(=O)N[C@H]2COCCC(Cc3ccccc3)CC(C)OC2=O)c1OCOC(C)=O. The molecule has 194 valence electrons. The van der Waals surface area contributed by atoms with E-state index in [9.17, 15) is 14.4 Å². The molecule has 10 heteroatoms. The second-order valence-corrected chi connectivity index (χ2v) is 8.52. The average Bonchev–Trinajstić information content (AvgIpc) is 2.85. The number of amides is 1. The van der Waals surface area contributed by atoms with Crippen LogP contribution in [0.2, 0.25) is 0 Å². The number of methoxy groups -OCH3 is 1. The fourth-order valence-corrected chi connectivity index (χ4v) is 3.96. The van der Waals surface area contributed by atoms with E-state index < -0.39 is 30.7 Å². The van der Waals surface area contributed by atoms with Gasteiger partial charge in [0.15, 0.2) is 23.2 Å². The van der Waals surface area contributed by atoms with Crippen LogP contribution in [-0.2, 0) is 30.2 Å². The summed E-state index contributed by atoms with van der Waals surface area (Å²) in [5, 5.41) is 2.62. The molecule has 3 rings (SSSR count). The smallest absolute Gasteiger partial charge is 0.331 e. The minimum Gasteiger partial charge on any atom is -0.493 e. The van der Waals surface area contributed by atoms with Gasteiger partial charge in [-0.1, -0.05) is 30.3 Å². The van der Waals surface area contributed by atoms with Gasteiger partial charge >= 0.3 is 11.9 Å². The fourth-order valence-electron chi connectivity index (χ4n) is 3.96. The molecule has 2 aromatic rings. The van der Waals surface area contributed by atoms with E-state index in [0.29, 0.717) is 18.9 Å². The van der Waals surface area contributed by atoms with Crippen LogP contribution < -0.4 is 14.8 Å². The summed E-state index contributed by atoms with van der Waals surface area (Å²) in [4.78, 5) is 41.1. The molecule has 1 aromatic heterocycles. The number of esters is 2. The van der Waals surface area contributed by atoms with Crippen molar-refractivity contribution >= 4 is 17.8 Å². The first-order valence-corrected chi connectivity index (χ1v) is 11.8. The van der Waals surface area contributed by atoms with Crippen molar-refractivity contribution in [3.8, 4) is 11.5 Å². The Balaban J connectivity index is 1.66. The van der Waals surface area contributed by atoms with Gasteiger partial charge in [-0.05, 0) is 37.7 Å². The summed E-state index contributed by atoms with van der Waals surface area (Å²) < 4.78 is 26.8. The van der Waals surface area contributed by atoms with Gasteiger partial charge in [-0.2, -0.15) is 0 Å². The van der Waals surface area contributed by atoms with Gasteiger partial charge < -0.3 is 29.0 Å². The van der Waals surface area contributed by atoms with Crippen molar-refractivity contribution in [3.05, 3.63) is 53.9 Å². The quantitative estimate of drug-likeness (QED) is 0.430. The molecular formula is C26H32N2O8. The number of hydrogen-bond acceptors (Lipinski definition) is 9. The number of cyclic esters (lactones) is 1. The van der Waals surface area contributed by atoms with Crippen LogP contribution in [0.1, 0.15) is 42.7 Å². The van der Waals surface area contributed by atoms with Gasteiger partial charge in [0, 0.05) is 25.8 Å². The number of pyridine rings is 1. The molecule has 1 saturated heterocycles. The molecule has 0 saturated carbocycles. The minimum atomic E-state index is -1.04. The van der Waals surface area contributed by atoms with Crippen LogP contribution in [0.15, 0.2) is 42.6 Å². The summed E-state index contributed by atoms with van der Waals surface area (Å²) in [6.45, 7) is 3.03. The van der Waals surface area contributed by atoms with Crippen LogP contribution in [0.25, 0.3) is 0 Å². The minimum absolute atomic E-state index is 0.0231. The fraction of sp³-hybridized carbons (Fsp3) is 0.462. The normalized spacial score (nSPS) is 20.5. The summed E-state index contributed by atoms with van der Waals surface area (Å²) in [5.74, 6) is -1.36. The molecule has 0 aliphatic carbocycles. The lowest BCUT2D eigenvalue weighted by molar-refractivity contribution is -0.154. The zero-order chi connectivity index (χ0) is 25.9. The third-order valence-corrected chi connectivity index (χ3v) is 5.66. The van der Waals surface area contributed by atoms with Gasteiger partial charge in [0.25, 0.3) is 5.91 Å². The van der Waals surface area contributed by atoms with Crippen molar-refractivity contribution in [2.75, 3.05) is 27.1 Å². The molecule has 0 radical (unpaired) electrons. The predicted molar refractivity (Wildman–Crippen MR) is 129 cm³/mol. The van der Waals surface area contributed by atoms with E-state index in [1.807, 2.05) is 25.1 Å². The highest BCUT2D eigenvalue weighted by atomic mass is 16.7. The number of carbonyl (C=O) groups is 3. The van der Waals surface area contributed by atoms with E-state index in [-0.39, 0.29) is 29.9 Å². The van der Waals surface area contributed by atoms with E-state index in [4.69, 9.17) is 23.7 Å². The molecule has 0 bridgehead atoms. The van der Waals surface area contributed by atoms with Crippen molar-refractivity contribution in [2.45, 2.75) is 45.3 Å². The molecule has 1 aliphatic rings. The van der Waals surface area contributed by atoms with Crippen LogP contribution in [0, 0.1) is 5.92 Å². The van der Waals surface area contributed by atoms with Gasteiger partial charge in [-0.25, -0.2) is 9.78 Å². The zero-order valence-electron chi connectivity index (χ0n) is 20.7. The summed E-state index contributed by atoms with van der Waals surface area (Å²) in [7, 11) is 1.40. The molecule has 2 unspecified atom stereocenters. The number of benzene rings is 1. The summed E-state index contributed by atoms with van der Waals surface area (Å²) in [5.41, 5.74) is 1.09. The molecule has 1 N–H and O–H groups in total. The average molecular weight is 501 g/mol. The second-order valence-electron chi connectivity index (χ2n) is 8.52. The summed E-state index contributed by atoms with van der Waals surface area (Å²) in [6.07, 6.45) is 3.37. The van der Waals surface area contributed by atoms with Crippen molar-refractivity contribution < 1.29 is 38.1 Å². The summed E-state index contributed by atoms with van der Waals surface area (Å²) in [6, 6.07) is 10.6. The van der Waals surface area contributed by atoms with Gasteiger partial charge in [-0.15, -0.1) is 0 Å². The summed E-state index contributed by atoms with van der Waals surface area (Å²) >= 11 is 0. The van der Waals surface area contributed by atoms with E-state index >= 15 is 0 Å². The number of carbonyl (C=O) groups excluding carboxylic acids is 3. The maximum absolute atomic E-state index is 13.1. The lowest BCUT2D eigenvalue weighted by Crippen LogP contribution is -2.46. The Kier molecular flexibility index (Phi) is 10.1. The first-order chi connectivity index (χ1) is 17.4. The third kappa shape index (κ3) is 7.94. The van der Waals surface area contributed by atoms with E-state index in [2.05, 4.69) is 22.4 Å². The van der Waals surface area contributed by atoms with Crippen LogP contribution in [0.4, 0.5) is 0 Å². The Morgan fingerprint density at radius 2 is 1.97 bits per heavy atom. The highest BCUT2D eigenvalue weighted by Crippen LogP contribution is 2.29. The Labute approximate surface area is 210 Å². The van der Waals surface area contributed by atoms with Gasteiger partial charge in [0.05, 0.1) is 19.8 Å². The lowest BCUT2D eigenvalue weighted by Gasteiger charge is -2.26. The number of ether oxygens (including phenoxy) is 5. The van der Waals surface area contributed by atoms with E-state index in [0.717, 1.165) is 12.8 Å². The number of rotatable bonds is 8. The topological polar surface area (TPSA) is 122 Å². The molecule has 3 atom stereocenters. The molecule has 1 fully saturated rings. The van der Waals surface area contributed by atoms with E-state index in [1.54, 1.807) is 0 Å². The number of nitrogens with zero attached hydrogens (tertiary/aromatic N) is 1. The molecule has 2 heterocycles. The number of aromatic nitrogens is 1. The van der Waals surface area contributed by atoms with Crippen LogP contribution in [0.3, 0.4) is 0 Å². The Hall–Kier alpha value is -3.66. The van der Waals surface area contributed by atoms with Gasteiger partial charge in [-0.3, -0.25) is 9.59 Å². The van der Waals surface area contributed by atoms with Crippen LogP contribution in [0.5, 0.6) is 11.5 Å². The Morgan fingerprint density at radius 3 is 2.69 bits per heavy atom. The maximum Gasteiger partial charge on any atom is 0.331 e. The Morgan fingerprint density at radius 1 is 1.19 bits per heavy atom. The highest BCUT2D eigenvalue weighted by molar-refractivity contribution is 5.98. The van der Waals surface area contributed by atoms with Gasteiger partial charge in [0.2, 0.25) is 6.79 Å². The molecular weight excluding hydrogens is 468 g/mol. The maximum atomic E-state index is 13.1. The predicted octanol–water partition coefficient (Wildman–Crippen LogP) is 2.69. The largest absolute Gasteiger partial charge is 0.493 e. The molecule has 10 nitrogen and oxygen atoms in total. The molecule has 1 aromatic carbocycles. The Bertz CT molecular complexity index is 1030. The van der Waals surface area contributed by atoms with Crippen molar-refractivity contribution in [3.63, 3.8) is 0 Å². The first kappa shape index (κ1) is 26.9. The highest BCUT2D eigenvalue weighted by Gasteiger charge is 2.29. The van der Waals surface area contributed by atoms with Crippen molar-refractivity contribution in [1.29, 1.82) is 0 Å². The zero-order valence-corrected chi connectivity index (χ0v) is 20.7. The van der Waals surface area contributed by atoms with Gasteiger partial charge in [0.1, 0.15) is 0 Å². The standard InChI is InChI=1S/C26H32N2O8/c1-17-13-20(14-19-7-5-4-6-8-19)10-12-33-15-21(26(31)36-17)28-25(30)23-24(35-16-34-18(2)29)22(32-3)9-11-27-23/h4-9,11,17,20-21H,10,12-16H2,1-3H3,(H,28,30)/t17?,20?,21-/m0/s1. The monoisotopic (exact) mass is 500 g/mol. The number of hydrogen-bond donors (Lipinski definition) is 1. The number of nitrogens with one attached hydrogen (secondary N) is 1.